The highest BCUT2D eigenvalue weighted by Crippen LogP contribution is 2.08. The molecule has 5 N–H and O–H groups in total. The Labute approximate surface area is 80.1 Å². The van der Waals surface area contributed by atoms with Crippen LogP contribution >= 0.6 is 11.8 Å². The second kappa shape index (κ2) is 5.41. The van der Waals surface area contributed by atoms with Crippen molar-refractivity contribution in [3.63, 3.8) is 0 Å². The Morgan fingerprint density at radius 1 is 1.54 bits per heavy atom. The molecule has 0 spiro atoms. The third-order valence-electron chi connectivity index (χ3n) is 1.14. The maximum Gasteiger partial charge on any atom is 0.321 e. The second-order valence-corrected chi connectivity index (χ2v) is 3.58. The van der Waals surface area contributed by atoms with E-state index in [9.17, 15) is 9.59 Å². The second-order valence-electron chi connectivity index (χ2n) is 2.19. The number of carbonyl (C=O) groups excluding carboxylic acids is 2. The molecule has 0 saturated heterocycles. The highest BCUT2D eigenvalue weighted by molar-refractivity contribution is 8.14. The number of amidine groups is 1. The molecule has 13 heavy (non-hydrogen) atoms. The number of nitrogens with one attached hydrogen (secondary N) is 3. The van der Waals surface area contributed by atoms with E-state index in [0.717, 1.165) is 11.8 Å². The van der Waals surface area contributed by atoms with Gasteiger partial charge < -0.3 is 11.1 Å². The Morgan fingerprint density at radius 3 is 2.46 bits per heavy atom. The summed E-state index contributed by atoms with van der Waals surface area (Å²) in [6.45, 7) is 1.56. The zero-order valence-corrected chi connectivity index (χ0v) is 8.20. The maximum atomic E-state index is 11.1. The third kappa shape index (κ3) is 5.07. The van der Waals surface area contributed by atoms with E-state index < -0.39 is 17.2 Å². The fourth-order valence-corrected chi connectivity index (χ4v) is 1.07. The van der Waals surface area contributed by atoms with Crippen LogP contribution in [0.3, 0.4) is 0 Å². The number of hydrogen-bond donors (Lipinski definition) is 4. The topological polar surface area (TPSA) is 108 Å². The van der Waals surface area contributed by atoms with Gasteiger partial charge in [0.15, 0.2) is 5.17 Å². The number of hydrogen-bond acceptors (Lipinski definition) is 4. The molecule has 0 aromatic carbocycles. The maximum absolute atomic E-state index is 11.1. The number of amides is 3. The Morgan fingerprint density at radius 2 is 2.08 bits per heavy atom. The van der Waals surface area contributed by atoms with Gasteiger partial charge >= 0.3 is 6.03 Å². The van der Waals surface area contributed by atoms with Crippen LogP contribution in [0.25, 0.3) is 0 Å². The molecule has 6 nitrogen and oxygen atoms in total. The number of thioether (sulfide) groups is 1. The van der Waals surface area contributed by atoms with Gasteiger partial charge in [0.25, 0.3) is 0 Å². The van der Waals surface area contributed by atoms with Gasteiger partial charge in [0.1, 0.15) is 0 Å². The van der Waals surface area contributed by atoms with Gasteiger partial charge in [0, 0.05) is 7.05 Å². The molecule has 0 aromatic heterocycles. The van der Waals surface area contributed by atoms with Crippen molar-refractivity contribution in [2.45, 2.75) is 12.2 Å². The Balaban J connectivity index is 3.96. The summed E-state index contributed by atoms with van der Waals surface area (Å²) in [7, 11) is 1.41. The Kier molecular flexibility index (Phi) is 4.90. The predicted molar refractivity (Wildman–Crippen MR) is 51.6 cm³/mol. The molecule has 0 saturated carbocycles. The lowest BCUT2D eigenvalue weighted by atomic mass is 10.4. The van der Waals surface area contributed by atoms with Crippen LogP contribution in [0.2, 0.25) is 0 Å². The number of nitrogens with two attached hydrogens (primary N) is 1. The lowest BCUT2D eigenvalue weighted by Crippen LogP contribution is -2.41. The van der Waals surface area contributed by atoms with Crippen LogP contribution in [0, 0.1) is 5.41 Å². The van der Waals surface area contributed by atoms with E-state index in [4.69, 9.17) is 11.1 Å². The number of carbonyl (C=O) groups is 2. The average Bonchev–Trinajstić information content (AvgIpc) is 2.02. The monoisotopic (exact) mass is 204 g/mol. The molecule has 1 atom stereocenters. The molecular weight excluding hydrogens is 192 g/mol. The van der Waals surface area contributed by atoms with Crippen LogP contribution in [-0.4, -0.2) is 29.4 Å². The van der Waals surface area contributed by atoms with Crippen molar-refractivity contribution in [1.82, 2.24) is 10.6 Å². The zero-order valence-electron chi connectivity index (χ0n) is 7.38. The van der Waals surface area contributed by atoms with Crippen LogP contribution in [0.1, 0.15) is 6.92 Å². The minimum Gasteiger partial charge on any atom is -0.379 e. The number of rotatable bonds is 2. The van der Waals surface area contributed by atoms with Crippen LogP contribution in [0.5, 0.6) is 0 Å². The fourth-order valence-electron chi connectivity index (χ4n) is 0.520. The fraction of sp³-hybridized carbons (Fsp3) is 0.500. The molecule has 0 radical (unpaired) electrons. The summed E-state index contributed by atoms with van der Waals surface area (Å²) in [5.41, 5.74) is 5.06. The van der Waals surface area contributed by atoms with Gasteiger partial charge in [0.05, 0.1) is 5.25 Å². The standard InChI is InChI=1S/C6H12N4O2S/c1-3(13-5(7)8)4(11)10-6(12)9-2/h3H,1-2H3,(H3,7,8)(H2,9,10,11,12). The van der Waals surface area contributed by atoms with Crippen LogP contribution in [0.4, 0.5) is 4.79 Å². The van der Waals surface area contributed by atoms with Gasteiger partial charge in [-0.05, 0) is 6.92 Å². The predicted octanol–water partition coefficient (Wildman–Crippen LogP) is -0.543. The summed E-state index contributed by atoms with van der Waals surface area (Å²) in [5.74, 6) is -0.473. The van der Waals surface area contributed by atoms with Crippen molar-refractivity contribution >= 4 is 28.9 Å². The van der Waals surface area contributed by atoms with E-state index in [1.165, 1.54) is 7.05 Å². The SMILES string of the molecule is CNC(=O)NC(=O)C(C)SC(=N)N. The minimum atomic E-state index is -0.569. The first-order chi connectivity index (χ1) is 5.97. The molecule has 0 aliphatic rings. The van der Waals surface area contributed by atoms with Crippen LogP contribution < -0.4 is 16.4 Å². The van der Waals surface area contributed by atoms with Crippen LogP contribution in [0.15, 0.2) is 0 Å². The summed E-state index contributed by atoms with van der Waals surface area (Å²) < 4.78 is 0. The highest BCUT2D eigenvalue weighted by atomic mass is 32.2. The molecule has 3 amide bonds. The normalized spacial score (nSPS) is 11.5. The largest absolute Gasteiger partial charge is 0.379 e. The van der Waals surface area contributed by atoms with Gasteiger partial charge in [-0.25, -0.2) is 4.79 Å². The smallest absolute Gasteiger partial charge is 0.321 e. The minimum absolute atomic E-state index is 0.153. The van der Waals surface area contributed by atoms with Crippen molar-refractivity contribution in [2.75, 3.05) is 7.05 Å². The quantitative estimate of drug-likeness (QED) is 0.357. The lowest BCUT2D eigenvalue weighted by Gasteiger charge is -2.08. The Bertz CT molecular complexity index is 231. The third-order valence-corrected chi connectivity index (χ3v) is 1.96. The molecule has 0 aliphatic heterocycles. The van der Waals surface area contributed by atoms with Crippen molar-refractivity contribution in [2.24, 2.45) is 5.73 Å². The van der Waals surface area contributed by atoms with Crippen molar-refractivity contribution in [3.05, 3.63) is 0 Å². The molecule has 0 heterocycles. The van der Waals surface area contributed by atoms with E-state index >= 15 is 0 Å². The van der Waals surface area contributed by atoms with Gasteiger partial charge in [-0.3, -0.25) is 15.5 Å². The van der Waals surface area contributed by atoms with Crippen molar-refractivity contribution < 1.29 is 9.59 Å². The van der Waals surface area contributed by atoms with Crippen molar-refractivity contribution in [3.8, 4) is 0 Å². The van der Waals surface area contributed by atoms with E-state index in [1.54, 1.807) is 6.92 Å². The molecule has 0 aliphatic carbocycles. The average molecular weight is 204 g/mol. The molecule has 0 fully saturated rings. The summed E-state index contributed by atoms with van der Waals surface area (Å²) in [5, 5.41) is 10.5. The van der Waals surface area contributed by atoms with Gasteiger partial charge in [0.2, 0.25) is 5.91 Å². The van der Waals surface area contributed by atoms with Crippen molar-refractivity contribution in [1.29, 1.82) is 5.41 Å². The molecule has 0 rings (SSSR count). The molecule has 7 heteroatoms. The van der Waals surface area contributed by atoms with Crippen LogP contribution in [-0.2, 0) is 4.79 Å². The summed E-state index contributed by atoms with van der Waals surface area (Å²) >= 11 is 0.884. The summed E-state index contributed by atoms with van der Waals surface area (Å²) in [4.78, 5) is 21.8. The van der Waals surface area contributed by atoms with E-state index in [1.807, 2.05) is 0 Å². The lowest BCUT2D eigenvalue weighted by molar-refractivity contribution is -0.119. The molecular formula is C6H12N4O2S. The van der Waals surface area contributed by atoms with E-state index in [0.29, 0.717) is 0 Å². The Hall–Kier alpha value is -1.24. The van der Waals surface area contributed by atoms with Gasteiger partial charge in [-0.1, -0.05) is 11.8 Å². The zero-order chi connectivity index (χ0) is 10.4. The van der Waals surface area contributed by atoms with Gasteiger partial charge in [-0.2, -0.15) is 0 Å². The first kappa shape index (κ1) is 11.8. The summed E-state index contributed by atoms with van der Waals surface area (Å²) in [6.07, 6.45) is 0. The van der Waals surface area contributed by atoms with Gasteiger partial charge in [-0.15, -0.1) is 0 Å². The van der Waals surface area contributed by atoms with E-state index in [2.05, 4.69) is 10.6 Å². The molecule has 0 aromatic rings. The number of urea groups is 1. The summed E-state index contributed by atoms with van der Waals surface area (Å²) in [6, 6.07) is -0.569. The first-order valence-corrected chi connectivity index (χ1v) is 4.38. The highest BCUT2D eigenvalue weighted by Gasteiger charge is 2.16. The van der Waals surface area contributed by atoms with E-state index in [-0.39, 0.29) is 5.17 Å². The first-order valence-electron chi connectivity index (χ1n) is 3.50. The molecule has 0 bridgehead atoms. The molecule has 74 valence electrons. The number of imide groups is 1. The molecule has 1 unspecified atom stereocenters.